The number of aromatic nitrogens is 2. The first-order chi connectivity index (χ1) is 9.12. The van der Waals surface area contributed by atoms with Crippen LogP contribution in [0.1, 0.15) is 18.3 Å². The normalized spacial score (nSPS) is 10.3. The van der Waals surface area contributed by atoms with Crippen LogP contribution in [-0.4, -0.2) is 17.1 Å². The van der Waals surface area contributed by atoms with Crippen LogP contribution < -0.4 is 9.47 Å². The summed E-state index contributed by atoms with van der Waals surface area (Å²) < 4.78 is 11.0. The van der Waals surface area contributed by atoms with Crippen LogP contribution in [0.25, 0.3) is 0 Å². The molecule has 0 spiro atoms. The number of hydrogen-bond donors (Lipinski definition) is 0. The van der Waals surface area contributed by atoms with Gasteiger partial charge in [-0.05, 0) is 24.6 Å². The minimum Gasteiger partial charge on any atom is -0.493 e. The van der Waals surface area contributed by atoms with Gasteiger partial charge < -0.3 is 9.47 Å². The average Bonchev–Trinajstić information content (AvgIpc) is 2.40. The number of hydrogen-bond acceptors (Lipinski definition) is 4. The number of aryl methyl sites for hydroxylation is 2. The van der Waals surface area contributed by atoms with E-state index >= 15 is 0 Å². The Morgan fingerprint density at radius 2 is 1.95 bits per heavy atom. The highest BCUT2D eigenvalue weighted by Gasteiger charge is 2.09. The molecular weight excluding hydrogens is 264 g/mol. The van der Waals surface area contributed by atoms with Crippen LogP contribution in [-0.2, 0) is 6.42 Å². The van der Waals surface area contributed by atoms with Crippen molar-refractivity contribution in [2.75, 3.05) is 7.11 Å². The number of rotatable bonds is 4. The van der Waals surface area contributed by atoms with Crippen LogP contribution in [0.5, 0.6) is 17.4 Å². The molecule has 0 aliphatic heterocycles. The van der Waals surface area contributed by atoms with Gasteiger partial charge in [0.15, 0.2) is 11.5 Å². The van der Waals surface area contributed by atoms with Crippen molar-refractivity contribution in [2.45, 2.75) is 20.3 Å². The van der Waals surface area contributed by atoms with E-state index in [-0.39, 0.29) is 0 Å². The molecule has 0 saturated carbocycles. The topological polar surface area (TPSA) is 44.2 Å². The zero-order valence-corrected chi connectivity index (χ0v) is 11.9. The molecular formula is C14H15ClN2O2. The lowest BCUT2D eigenvalue weighted by atomic mass is 10.2. The van der Waals surface area contributed by atoms with Gasteiger partial charge in [0.1, 0.15) is 11.0 Å². The van der Waals surface area contributed by atoms with E-state index in [0.29, 0.717) is 34.8 Å². The van der Waals surface area contributed by atoms with Gasteiger partial charge in [-0.2, -0.15) is 4.98 Å². The highest BCUT2D eigenvalue weighted by molar-refractivity contribution is 6.29. The first-order valence-electron chi connectivity index (χ1n) is 5.98. The summed E-state index contributed by atoms with van der Waals surface area (Å²) in [7, 11) is 1.60. The van der Waals surface area contributed by atoms with Gasteiger partial charge in [-0.1, -0.05) is 24.6 Å². The van der Waals surface area contributed by atoms with E-state index in [0.717, 1.165) is 5.56 Å². The Bertz CT molecular complexity index is 588. The molecule has 0 amide bonds. The molecule has 0 radical (unpaired) electrons. The van der Waals surface area contributed by atoms with Crippen LogP contribution >= 0.6 is 11.6 Å². The van der Waals surface area contributed by atoms with Crippen molar-refractivity contribution in [3.8, 4) is 17.4 Å². The molecule has 0 N–H and O–H groups in total. The maximum absolute atomic E-state index is 5.93. The Morgan fingerprint density at radius 1 is 1.16 bits per heavy atom. The predicted octanol–water partition coefficient (Wildman–Crippen LogP) is 3.80. The Kier molecular flexibility index (Phi) is 4.22. The van der Waals surface area contributed by atoms with Crippen LogP contribution in [0.15, 0.2) is 24.3 Å². The minimum atomic E-state index is 0.368. The maximum atomic E-state index is 5.93. The summed E-state index contributed by atoms with van der Waals surface area (Å²) in [5, 5.41) is 0.368. The third kappa shape index (κ3) is 3.35. The van der Waals surface area contributed by atoms with Crippen LogP contribution in [0.3, 0.4) is 0 Å². The Labute approximate surface area is 117 Å². The molecule has 100 valence electrons. The van der Waals surface area contributed by atoms with E-state index in [1.165, 1.54) is 0 Å². The molecule has 0 aliphatic carbocycles. The summed E-state index contributed by atoms with van der Waals surface area (Å²) in [4.78, 5) is 8.37. The fourth-order valence-electron chi connectivity index (χ4n) is 1.62. The van der Waals surface area contributed by atoms with E-state index in [1.54, 1.807) is 13.2 Å². The van der Waals surface area contributed by atoms with Gasteiger partial charge in [-0.25, -0.2) is 4.98 Å². The van der Waals surface area contributed by atoms with Gasteiger partial charge in [0.05, 0.1) is 7.11 Å². The molecule has 0 aliphatic rings. The van der Waals surface area contributed by atoms with E-state index in [2.05, 4.69) is 9.97 Å². The van der Waals surface area contributed by atoms with Crippen molar-refractivity contribution in [1.82, 2.24) is 9.97 Å². The van der Waals surface area contributed by atoms with E-state index < -0.39 is 0 Å². The predicted molar refractivity (Wildman–Crippen MR) is 74.2 cm³/mol. The van der Waals surface area contributed by atoms with Gasteiger partial charge in [0.2, 0.25) is 5.88 Å². The van der Waals surface area contributed by atoms with Crippen LogP contribution in [0.4, 0.5) is 0 Å². The van der Waals surface area contributed by atoms with Gasteiger partial charge in [-0.3, -0.25) is 0 Å². The molecule has 0 fully saturated rings. The fraction of sp³-hybridized carbons (Fsp3) is 0.286. The molecule has 0 atom stereocenters. The zero-order valence-electron chi connectivity index (χ0n) is 11.1. The molecule has 1 heterocycles. The third-order valence-corrected chi connectivity index (χ3v) is 2.76. The fourth-order valence-corrected chi connectivity index (χ4v) is 1.82. The average molecular weight is 279 g/mol. The molecule has 5 heteroatoms. The Balaban J connectivity index is 2.33. The molecule has 19 heavy (non-hydrogen) atoms. The van der Waals surface area contributed by atoms with E-state index in [1.807, 2.05) is 32.0 Å². The van der Waals surface area contributed by atoms with Crippen molar-refractivity contribution in [3.05, 3.63) is 40.8 Å². The number of methoxy groups -OCH3 is 1. The van der Waals surface area contributed by atoms with Gasteiger partial charge >= 0.3 is 0 Å². The van der Waals surface area contributed by atoms with Crippen molar-refractivity contribution in [1.29, 1.82) is 0 Å². The molecule has 2 aromatic rings. The van der Waals surface area contributed by atoms with Gasteiger partial charge in [0, 0.05) is 12.5 Å². The Hall–Kier alpha value is -1.81. The zero-order chi connectivity index (χ0) is 13.8. The van der Waals surface area contributed by atoms with Gasteiger partial charge in [-0.15, -0.1) is 0 Å². The highest BCUT2D eigenvalue weighted by Crippen LogP contribution is 2.31. The summed E-state index contributed by atoms with van der Waals surface area (Å²) in [6.45, 7) is 3.95. The maximum Gasteiger partial charge on any atom is 0.224 e. The number of benzene rings is 1. The lowest BCUT2D eigenvalue weighted by Gasteiger charge is -2.10. The largest absolute Gasteiger partial charge is 0.493 e. The molecule has 0 bridgehead atoms. The molecule has 0 unspecified atom stereocenters. The summed E-state index contributed by atoms with van der Waals surface area (Å²) in [5.41, 5.74) is 1.10. The standard InChI is InChI=1S/C14H15ClN2O2/c1-4-13-16-12(15)8-14(17-13)19-10-6-5-9(2)7-11(10)18-3/h5-8H,4H2,1-3H3. The first kappa shape index (κ1) is 13.6. The molecule has 1 aromatic carbocycles. The van der Waals surface area contributed by atoms with Crippen LogP contribution in [0.2, 0.25) is 5.15 Å². The summed E-state index contributed by atoms with van der Waals surface area (Å²) in [6.07, 6.45) is 0.696. The van der Waals surface area contributed by atoms with Crippen molar-refractivity contribution in [2.24, 2.45) is 0 Å². The molecule has 0 saturated heterocycles. The smallest absolute Gasteiger partial charge is 0.224 e. The first-order valence-corrected chi connectivity index (χ1v) is 6.36. The third-order valence-electron chi connectivity index (χ3n) is 2.57. The van der Waals surface area contributed by atoms with Gasteiger partial charge in [0.25, 0.3) is 0 Å². The van der Waals surface area contributed by atoms with E-state index in [9.17, 15) is 0 Å². The number of halogens is 1. The van der Waals surface area contributed by atoms with E-state index in [4.69, 9.17) is 21.1 Å². The molecule has 4 nitrogen and oxygen atoms in total. The number of ether oxygens (including phenoxy) is 2. The Morgan fingerprint density at radius 3 is 2.63 bits per heavy atom. The lowest BCUT2D eigenvalue weighted by molar-refractivity contribution is 0.373. The monoisotopic (exact) mass is 278 g/mol. The summed E-state index contributed by atoms with van der Waals surface area (Å²) >= 11 is 5.93. The second-order valence-corrected chi connectivity index (χ2v) is 4.44. The lowest BCUT2D eigenvalue weighted by Crippen LogP contribution is -1.97. The highest BCUT2D eigenvalue weighted by atomic mass is 35.5. The second kappa shape index (κ2) is 5.89. The minimum absolute atomic E-state index is 0.368. The quantitative estimate of drug-likeness (QED) is 0.798. The van der Waals surface area contributed by atoms with Crippen LogP contribution in [0, 0.1) is 6.92 Å². The van der Waals surface area contributed by atoms with Crippen molar-refractivity contribution in [3.63, 3.8) is 0 Å². The molecule has 1 aromatic heterocycles. The van der Waals surface area contributed by atoms with Crippen molar-refractivity contribution >= 4 is 11.6 Å². The SMILES string of the molecule is CCc1nc(Cl)cc(Oc2ccc(C)cc2OC)n1. The van der Waals surface area contributed by atoms with Crippen molar-refractivity contribution < 1.29 is 9.47 Å². The second-order valence-electron chi connectivity index (χ2n) is 4.06. The molecule has 2 rings (SSSR count). The summed E-state index contributed by atoms with van der Waals surface area (Å²) in [6, 6.07) is 7.27. The summed E-state index contributed by atoms with van der Waals surface area (Å²) in [5.74, 6) is 2.32. The number of nitrogens with zero attached hydrogens (tertiary/aromatic N) is 2.